The first-order valence-corrected chi connectivity index (χ1v) is 9.47. The number of hydrogen-bond acceptors (Lipinski definition) is 2. The van der Waals surface area contributed by atoms with Crippen LogP contribution in [0.25, 0.3) is 11.1 Å². The first-order valence-electron chi connectivity index (χ1n) is 9.47. The molecule has 0 saturated carbocycles. The summed E-state index contributed by atoms with van der Waals surface area (Å²) in [6.45, 7) is 3.71. The minimum absolute atomic E-state index is 0.122. The molecule has 4 nitrogen and oxygen atoms in total. The molecule has 0 aliphatic rings. The Balaban J connectivity index is 1.68. The predicted molar refractivity (Wildman–Crippen MR) is 113 cm³/mol. The summed E-state index contributed by atoms with van der Waals surface area (Å²) in [4.78, 5) is 25.2. The summed E-state index contributed by atoms with van der Waals surface area (Å²) in [5.74, 6) is -1.26. The van der Waals surface area contributed by atoms with Crippen molar-refractivity contribution in [2.24, 2.45) is 5.92 Å². The lowest BCUT2D eigenvalue weighted by Crippen LogP contribution is -2.47. The molecule has 148 valence electrons. The monoisotopic (exact) mass is 390 g/mol. The summed E-state index contributed by atoms with van der Waals surface area (Å²) in [7, 11) is 0. The molecule has 0 saturated heterocycles. The number of halogens is 1. The van der Waals surface area contributed by atoms with Gasteiger partial charge in [0.15, 0.2) is 0 Å². The number of anilines is 1. The Kier molecular flexibility index (Phi) is 6.39. The number of benzene rings is 3. The van der Waals surface area contributed by atoms with Crippen molar-refractivity contribution in [3.63, 3.8) is 0 Å². The Morgan fingerprint density at radius 1 is 0.793 bits per heavy atom. The number of hydrogen-bond donors (Lipinski definition) is 2. The molecule has 3 rings (SSSR count). The van der Waals surface area contributed by atoms with Crippen molar-refractivity contribution in [2.75, 3.05) is 5.32 Å². The molecule has 0 aromatic heterocycles. The number of amides is 2. The van der Waals surface area contributed by atoms with E-state index in [2.05, 4.69) is 10.6 Å². The fourth-order valence-electron chi connectivity index (χ4n) is 2.96. The summed E-state index contributed by atoms with van der Waals surface area (Å²) < 4.78 is 13.1. The molecule has 29 heavy (non-hydrogen) atoms. The van der Waals surface area contributed by atoms with E-state index in [1.54, 1.807) is 0 Å². The maximum absolute atomic E-state index is 13.1. The van der Waals surface area contributed by atoms with Crippen LogP contribution in [0.4, 0.5) is 10.1 Å². The van der Waals surface area contributed by atoms with Gasteiger partial charge in [-0.15, -0.1) is 0 Å². The molecule has 0 bridgehead atoms. The molecule has 0 spiro atoms. The molecule has 3 aromatic carbocycles. The Hall–Kier alpha value is -3.47. The zero-order chi connectivity index (χ0) is 20.8. The average Bonchev–Trinajstić information content (AvgIpc) is 2.73. The van der Waals surface area contributed by atoms with Crippen LogP contribution in [0.3, 0.4) is 0 Å². The highest BCUT2D eigenvalue weighted by Crippen LogP contribution is 2.21. The van der Waals surface area contributed by atoms with E-state index in [4.69, 9.17) is 0 Å². The zero-order valence-corrected chi connectivity index (χ0v) is 16.4. The number of nitrogens with one attached hydrogen (secondary N) is 2. The van der Waals surface area contributed by atoms with E-state index in [1.165, 1.54) is 24.3 Å². The van der Waals surface area contributed by atoms with Gasteiger partial charge in [-0.1, -0.05) is 56.3 Å². The summed E-state index contributed by atoms with van der Waals surface area (Å²) in [6.07, 6.45) is 0. The van der Waals surface area contributed by atoms with E-state index in [0.29, 0.717) is 11.3 Å². The van der Waals surface area contributed by atoms with Crippen molar-refractivity contribution in [1.82, 2.24) is 5.32 Å². The van der Waals surface area contributed by atoms with Gasteiger partial charge in [-0.25, -0.2) is 4.39 Å². The second-order valence-corrected chi connectivity index (χ2v) is 7.13. The van der Waals surface area contributed by atoms with E-state index in [-0.39, 0.29) is 11.8 Å². The second kappa shape index (κ2) is 9.15. The minimum atomic E-state index is -0.721. The lowest BCUT2D eigenvalue weighted by atomic mass is 10.0. The summed E-state index contributed by atoms with van der Waals surface area (Å²) >= 11 is 0. The van der Waals surface area contributed by atoms with Crippen LogP contribution < -0.4 is 10.6 Å². The van der Waals surface area contributed by atoms with Crippen molar-refractivity contribution in [1.29, 1.82) is 0 Å². The van der Waals surface area contributed by atoms with Crippen molar-refractivity contribution in [3.05, 3.63) is 90.2 Å². The molecule has 0 radical (unpaired) electrons. The predicted octanol–water partition coefficient (Wildman–Crippen LogP) is 4.89. The normalized spacial score (nSPS) is 11.7. The van der Waals surface area contributed by atoms with Gasteiger partial charge in [0.1, 0.15) is 11.9 Å². The van der Waals surface area contributed by atoms with Crippen LogP contribution in [-0.2, 0) is 4.79 Å². The van der Waals surface area contributed by atoms with Gasteiger partial charge in [0.2, 0.25) is 5.91 Å². The maximum Gasteiger partial charge on any atom is 0.251 e. The Bertz CT molecular complexity index is 968. The summed E-state index contributed by atoms with van der Waals surface area (Å²) in [6, 6.07) is 22.0. The fourth-order valence-corrected chi connectivity index (χ4v) is 2.96. The number of rotatable bonds is 6. The lowest BCUT2D eigenvalue weighted by Gasteiger charge is -2.22. The Labute approximate surface area is 169 Å². The van der Waals surface area contributed by atoms with E-state index in [9.17, 15) is 14.0 Å². The third-order valence-corrected chi connectivity index (χ3v) is 4.60. The molecule has 0 aliphatic heterocycles. The highest BCUT2D eigenvalue weighted by atomic mass is 19.1. The van der Waals surface area contributed by atoms with Gasteiger partial charge in [-0.3, -0.25) is 9.59 Å². The van der Waals surface area contributed by atoms with Gasteiger partial charge < -0.3 is 10.6 Å². The van der Waals surface area contributed by atoms with Crippen molar-refractivity contribution >= 4 is 17.5 Å². The first-order chi connectivity index (χ1) is 13.9. The van der Waals surface area contributed by atoms with E-state index < -0.39 is 17.8 Å². The Morgan fingerprint density at radius 2 is 1.38 bits per heavy atom. The van der Waals surface area contributed by atoms with Gasteiger partial charge in [-0.05, 0) is 53.4 Å². The third kappa shape index (κ3) is 5.29. The van der Waals surface area contributed by atoms with E-state index in [0.717, 1.165) is 11.1 Å². The van der Waals surface area contributed by atoms with Gasteiger partial charge in [0.25, 0.3) is 5.91 Å². The Morgan fingerprint density at radius 3 is 1.97 bits per heavy atom. The average molecular weight is 390 g/mol. The molecular formula is C24H23FN2O2. The van der Waals surface area contributed by atoms with E-state index >= 15 is 0 Å². The molecule has 0 fully saturated rings. The van der Waals surface area contributed by atoms with Crippen LogP contribution in [0.1, 0.15) is 24.2 Å². The molecule has 2 amide bonds. The zero-order valence-electron chi connectivity index (χ0n) is 16.4. The van der Waals surface area contributed by atoms with Gasteiger partial charge >= 0.3 is 0 Å². The van der Waals surface area contributed by atoms with Crippen LogP contribution >= 0.6 is 0 Å². The van der Waals surface area contributed by atoms with Crippen LogP contribution in [0, 0.1) is 11.7 Å². The van der Waals surface area contributed by atoms with Crippen molar-refractivity contribution in [3.8, 4) is 11.1 Å². The molecule has 0 heterocycles. The number of carbonyl (C=O) groups excluding carboxylic acids is 2. The quantitative estimate of drug-likeness (QED) is 0.630. The molecule has 1 atom stereocenters. The lowest BCUT2D eigenvalue weighted by molar-refractivity contribution is -0.118. The third-order valence-electron chi connectivity index (χ3n) is 4.60. The highest BCUT2D eigenvalue weighted by Gasteiger charge is 2.24. The molecule has 2 N–H and O–H groups in total. The molecule has 5 heteroatoms. The fraction of sp³-hybridized carbons (Fsp3) is 0.167. The SMILES string of the molecule is CC(C)[C@H](NC(=O)c1ccc(F)cc1)C(=O)Nc1ccc(-c2ccccc2)cc1. The molecule has 0 aliphatic carbocycles. The minimum Gasteiger partial charge on any atom is -0.340 e. The smallest absolute Gasteiger partial charge is 0.251 e. The summed E-state index contributed by atoms with van der Waals surface area (Å²) in [5.41, 5.74) is 3.10. The standard InChI is InChI=1S/C24H23FN2O2/c1-16(2)22(27-23(28)19-8-12-20(25)13-9-19)24(29)26-21-14-10-18(11-15-21)17-6-4-3-5-7-17/h3-16,22H,1-2H3,(H,26,29)(H,27,28)/t22-/m0/s1. The second-order valence-electron chi connectivity index (χ2n) is 7.13. The van der Waals surface area contributed by atoms with Crippen molar-refractivity contribution in [2.45, 2.75) is 19.9 Å². The first kappa shape index (κ1) is 20.3. The van der Waals surface area contributed by atoms with Crippen LogP contribution in [0.2, 0.25) is 0 Å². The van der Waals surface area contributed by atoms with Crippen molar-refractivity contribution < 1.29 is 14.0 Å². The van der Waals surface area contributed by atoms with Crippen LogP contribution in [0.5, 0.6) is 0 Å². The van der Waals surface area contributed by atoms with E-state index in [1.807, 2.05) is 68.4 Å². The largest absolute Gasteiger partial charge is 0.340 e. The number of carbonyl (C=O) groups is 2. The van der Waals surface area contributed by atoms with Crippen LogP contribution in [0.15, 0.2) is 78.9 Å². The van der Waals surface area contributed by atoms with Crippen LogP contribution in [-0.4, -0.2) is 17.9 Å². The molecule has 3 aromatic rings. The maximum atomic E-state index is 13.1. The molecule has 0 unspecified atom stereocenters. The van der Waals surface area contributed by atoms with Gasteiger partial charge in [0.05, 0.1) is 0 Å². The molecular weight excluding hydrogens is 367 g/mol. The summed E-state index contributed by atoms with van der Waals surface area (Å²) in [5, 5.41) is 5.59. The topological polar surface area (TPSA) is 58.2 Å². The van der Waals surface area contributed by atoms with Gasteiger partial charge in [-0.2, -0.15) is 0 Å². The highest BCUT2D eigenvalue weighted by molar-refractivity contribution is 6.01. The van der Waals surface area contributed by atoms with Gasteiger partial charge in [0, 0.05) is 11.3 Å².